The van der Waals surface area contributed by atoms with Gasteiger partial charge in [-0.25, -0.2) is 0 Å². The normalized spacial score (nSPS) is 15.7. The fraction of sp³-hybridized carbons (Fsp3) is 0.381. The molecule has 6 nitrogen and oxygen atoms in total. The lowest BCUT2D eigenvalue weighted by Gasteiger charge is -2.27. The number of esters is 2. The van der Waals surface area contributed by atoms with E-state index in [4.69, 9.17) is 9.47 Å². The fourth-order valence-electron chi connectivity index (χ4n) is 3.64. The van der Waals surface area contributed by atoms with Gasteiger partial charge in [-0.2, -0.15) is 0 Å². The number of benzene rings is 1. The van der Waals surface area contributed by atoms with E-state index in [1.807, 2.05) is 0 Å². The van der Waals surface area contributed by atoms with Crippen LogP contribution in [0.5, 0.6) is 0 Å². The molecule has 1 aromatic rings. The highest BCUT2D eigenvalue weighted by molar-refractivity contribution is 6.20. The van der Waals surface area contributed by atoms with Crippen LogP contribution in [0.3, 0.4) is 0 Å². The predicted molar refractivity (Wildman–Crippen MR) is 100.0 cm³/mol. The smallest absolute Gasteiger partial charge is 0.332 e. The largest absolute Gasteiger partial charge is 0.512 e. The highest BCUT2D eigenvalue weighted by atomic mass is 16.6. The Morgan fingerprint density at radius 1 is 1.00 bits per heavy atom. The van der Waals surface area contributed by atoms with E-state index in [9.17, 15) is 19.5 Å². The van der Waals surface area contributed by atoms with Crippen LogP contribution in [0.4, 0.5) is 0 Å². The molecule has 0 atom stereocenters. The zero-order chi connectivity index (χ0) is 20.4. The molecule has 1 aliphatic rings. The van der Waals surface area contributed by atoms with Gasteiger partial charge in [0.2, 0.25) is 5.41 Å². The van der Waals surface area contributed by atoms with Crippen LogP contribution in [-0.2, 0) is 29.3 Å². The van der Waals surface area contributed by atoms with Crippen molar-refractivity contribution in [1.82, 2.24) is 0 Å². The number of carbonyl (C=O) groups is 3. The van der Waals surface area contributed by atoms with Crippen LogP contribution in [0, 0.1) is 0 Å². The van der Waals surface area contributed by atoms with Gasteiger partial charge in [0.05, 0.1) is 18.8 Å². The summed E-state index contributed by atoms with van der Waals surface area (Å²) < 4.78 is 10.5. The molecular weight excluding hydrogens is 348 g/mol. The first-order chi connectivity index (χ1) is 12.7. The summed E-state index contributed by atoms with van der Waals surface area (Å²) in [5, 5.41) is 10.1. The van der Waals surface area contributed by atoms with Gasteiger partial charge in [0.1, 0.15) is 5.76 Å². The summed E-state index contributed by atoms with van der Waals surface area (Å²) in [5.41, 5.74) is -0.174. The monoisotopic (exact) mass is 372 g/mol. The van der Waals surface area contributed by atoms with Gasteiger partial charge >= 0.3 is 11.9 Å². The zero-order valence-electron chi connectivity index (χ0n) is 16.2. The number of ether oxygens (including phenoxy) is 2. The molecule has 1 aliphatic carbocycles. The molecule has 27 heavy (non-hydrogen) atoms. The summed E-state index contributed by atoms with van der Waals surface area (Å²) in [6.45, 7) is 7.78. The summed E-state index contributed by atoms with van der Waals surface area (Å²) >= 11 is 0. The van der Waals surface area contributed by atoms with E-state index < -0.39 is 17.4 Å². The Morgan fingerprint density at radius 2 is 1.52 bits per heavy atom. The van der Waals surface area contributed by atoms with E-state index in [-0.39, 0.29) is 30.3 Å². The van der Waals surface area contributed by atoms with Crippen molar-refractivity contribution in [1.29, 1.82) is 0 Å². The van der Waals surface area contributed by atoms with Crippen LogP contribution < -0.4 is 0 Å². The second kappa shape index (κ2) is 7.78. The number of hydrogen-bond donors (Lipinski definition) is 1. The first-order valence-corrected chi connectivity index (χ1v) is 8.81. The van der Waals surface area contributed by atoms with Gasteiger partial charge in [0, 0.05) is 0 Å². The minimum absolute atomic E-state index is 0.0652. The molecule has 0 spiro atoms. The van der Waals surface area contributed by atoms with E-state index in [1.54, 1.807) is 45.0 Å². The number of rotatable bonds is 6. The van der Waals surface area contributed by atoms with Crippen LogP contribution in [0.25, 0.3) is 5.57 Å². The van der Waals surface area contributed by atoms with Gasteiger partial charge in [-0.15, -0.1) is 0 Å². The SMILES string of the molecule is CCOC(=O)C1(C(=O)OCC)C(C)=C(/C(C(C)=O)=C(\C)O)c2ccccc21. The van der Waals surface area contributed by atoms with Crippen molar-refractivity contribution in [3.63, 3.8) is 0 Å². The van der Waals surface area contributed by atoms with Crippen LogP contribution in [0.1, 0.15) is 45.7 Å². The van der Waals surface area contributed by atoms with Crippen molar-refractivity contribution in [2.75, 3.05) is 13.2 Å². The molecule has 1 N–H and O–H groups in total. The third-order valence-corrected chi connectivity index (χ3v) is 4.67. The van der Waals surface area contributed by atoms with Crippen LogP contribution >= 0.6 is 0 Å². The lowest BCUT2D eigenvalue weighted by Crippen LogP contribution is -2.46. The zero-order valence-corrected chi connectivity index (χ0v) is 16.2. The quantitative estimate of drug-likeness (QED) is 0.357. The number of hydrogen-bond acceptors (Lipinski definition) is 6. The summed E-state index contributed by atoms with van der Waals surface area (Å²) in [6, 6.07) is 6.79. The maximum absolute atomic E-state index is 13.0. The van der Waals surface area contributed by atoms with Crippen LogP contribution in [0.15, 0.2) is 41.2 Å². The van der Waals surface area contributed by atoms with Gasteiger partial charge in [-0.3, -0.25) is 14.4 Å². The van der Waals surface area contributed by atoms with E-state index in [2.05, 4.69) is 0 Å². The Labute approximate surface area is 158 Å². The summed E-state index contributed by atoms with van der Waals surface area (Å²) in [6.07, 6.45) is 0. The van der Waals surface area contributed by atoms with Gasteiger partial charge in [-0.05, 0) is 56.9 Å². The van der Waals surface area contributed by atoms with Crippen molar-refractivity contribution in [2.24, 2.45) is 0 Å². The third-order valence-electron chi connectivity index (χ3n) is 4.67. The minimum atomic E-state index is -1.81. The van der Waals surface area contributed by atoms with Crippen LogP contribution in [-0.4, -0.2) is 36.0 Å². The van der Waals surface area contributed by atoms with Crippen molar-refractivity contribution in [3.05, 3.63) is 52.3 Å². The Kier molecular flexibility index (Phi) is 5.88. The van der Waals surface area contributed by atoms with Crippen molar-refractivity contribution in [2.45, 2.75) is 40.0 Å². The average molecular weight is 372 g/mol. The summed E-state index contributed by atoms with van der Waals surface area (Å²) in [5.74, 6) is -2.08. The lowest BCUT2D eigenvalue weighted by molar-refractivity contribution is -0.162. The molecule has 6 heteroatoms. The second-order valence-electron chi connectivity index (χ2n) is 6.25. The van der Waals surface area contributed by atoms with E-state index >= 15 is 0 Å². The second-order valence-corrected chi connectivity index (χ2v) is 6.25. The number of carbonyl (C=O) groups excluding carboxylic acids is 3. The third kappa shape index (κ3) is 3.05. The molecule has 0 saturated carbocycles. The Morgan fingerprint density at radius 3 is 1.96 bits per heavy atom. The van der Waals surface area contributed by atoms with E-state index in [1.165, 1.54) is 13.8 Å². The Bertz CT molecular complexity index is 837. The van der Waals surface area contributed by atoms with Gasteiger partial charge < -0.3 is 14.6 Å². The van der Waals surface area contributed by atoms with Crippen molar-refractivity contribution >= 4 is 23.3 Å². The van der Waals surface area contributed by atoms with Crippen LogP contribution in [0.2, 0.25) is 0 Å². The average Bonchev–Trinajstić information content (AvgIpc) is 2.85. The maximum atomic E-state index is 13.0. The number of aliphatic hydroxyl groups is 1. The highest BCUT2D eigenvalue weighted by Gasteiger charge is 2.58. The molecule has 0 aliphatic heterocycles. The number of allylic oxidation sites excluding steroid dienone is 3. The van der Waals surface area contributed by atoms with E-state index in [0.29, 0.717) is 22.3 Å². The molecule has 1 aromatic carbocycles. The molecule has 2 rings (SSSR count). The predicted octanol–water partition coefficient (Wildman–Crippen LogP) is 3.26. The molecule has 0 bridgehead atoms. The van der Waals surface area contributed by atoms with Gasteiger partial charge in [0.25, 0.3) is 0 Å². The number of ketones is 1. The molecular formula is C21H24O6. The van der Waals surface area contributed by atoms with Crippen molar-refractivity contribution in [3.8, 4) is 0 Å². The summed E-state index contributed by atoms with van der Waals surface area (Å²) in [4.78, 5) is 38.3. The molecule has 0 heterocycles. The summed E-state index contributed by atoms with van der Waals surface area (Å²) in [7, 11) is 0. The number of aliphatic hydroxyl groups excluding tert-OH is 1. The topological polar surface area (TPSA) is 89.9 Å². The van der Waals surface area contributed by atoms with Crippen molar-refractivity contribution < 1.29 is 29.0 Å². The highest BCUT2D eigenvalue weighted by Crippen LogP contribution is 2.50. The first kappa shape index (κ1) is 20.4. The molecule has 0 fully saturated rings. The lowest BCUT2D eigenvalue weighted by atomic mass is 9.77. The van der Waals surface area contributed by atoms with Gasteiger partial charge in [-0.1, -0.05) is 24.3 Å². The first-order valence-electron chi connectivity index (χ1n) is 8.81. The molecule has 0 saturated heterocycles. The maximum Gasteiger partial charge on any atom is 0.332 e. The fourth-order valence-corrected chi connectivity index (χ4v) is 3.64. The minimum Gasteiger partial charge on any atom is -0.512 e. The molecule has 144 valence electrons. The molecule has 0 radical (unpaired) electrons. The Hall–Kier alpha value is -2.89. The molecule has 0 unspecified atom stereocenters. The molecule has 0 amide bonds. The van der Waals surface area contributed by atoms with E-state index in [0.717, 1.165) is 0 Å². The number of fused-ring (bicyclic) bond motifs is 1. The Balaban J connectivity index is 2.96. The molecule has 0 aromatic heterocycles. The van der Waals surface area contributed by atoms with Gasteiger partial charge in [0.15, 0.2) is 5.78 Å². The number of Topliss-reactive ketones (excluding diaryl/α,β-unsaturated/α-hetero) is 1. The standard InChI is InChI=1S/C21H24O6/c1-6-26-19(24)21(20(25)27-7-2)12(3)17(18(13(4)22)14(5)23)15-10-8-9-11-16(15)21/h8-11,22H,6-7H2,1-5H3/b18-13+.